The Balaban J connectivity index is 2.73. The zero-order valence-electron chi connectivity index (χ0n) is 9.65. The minimum atomic E-state index is -0.365. The molecule has 0 radical (unpaired) electrons. The van der Waals surface area contributed by atoms with Crippen LogP contribution in [0.1, 0.15) is 13.8 Å². The van der Waals surface area contributed by atoms with Crippen LogP contribution in [0.15, 0.2) is 11.1 Å². The molecule has 16 heavy (non-hydrogen) atoms. The van der Waals surface area contributed by atoms with Gasteiger partial charge in [0.2, 0.25) is 5.75 Å². The van der Waals surface area contributed by atoms with E-state index in [-0.39, 0.29) is 23.3 Å². The molecule has 1 N–H and O–H groups in total. The highest BCUT2D eigenvalue weighted by Gasteiger charge is 2.13. The highest BCUT2D eigenvalue weighted by molar-refractivity contribution is 5.29. The third-order valence-corrected chi connectivity index (χ3v) is 1.85. The highest BCUT2D eigenvalue weighted by Crippen LogP contribution is 2.18. The lowest BCUT2D eigenvalue weighted by Crippen LogP contribution is -2.22. The van der Waals surface area contributed by atoms with E-state index in [2.05, 4.69) is 9.97 Å². The quantitative estimate of drug-likeness (QED) is 0.771. The Kier molecular flexibility index (Phi) is 4.78. The maximum absolute atomic E-state index is 11.3. The molecule has 1 heterocycles. The molecule has 90 valence electrons. The van der Waals surface area contributed by atoms with Gasteiger partial charge in [-0.15, -0.1) is 0 Å². The molecule has 6 heteroatoms. The largest absolute Gasteiger partial charge is 0.487 e. The van der Waals surface area contributed by atoms with Crippen LogP contribution in [0.2, 0.25) is 0 Å². The van der Waals surface area contributed by atoms with E-state index < -0.39 is 0 Å². The summed E-state index contributed by atoms with van der Waals surface area (Å²) in [4.78, 5) is 17.6. The zero-order chi connectivity index (χ0) is 12.0. The van der Waals surface area contributed by atoms with Crippen LogP contribution >= 0.6 is 0 Å². The van der Waals surface area contributed by atoms with Crippen molar-refractivity contribution < 1.29 is 14.2 Å². The summed E-state index contributed by atoms with van der Waals surface area (Å²) in [7, 11) is 1.40. The molecule has 1 aromatic rings. The van der Waals surface area contributed by atoms with Gasteiger partial charge < -0.3 is 19.2 Å². The molecule has 0 aliphatic heterocycles. The lowest BCUT2D eigenvalue weighted by molar-refractivity contribution is 0.0615. The predicted octanol–water partition coefficient (Wildman–Crippen LogP) is 0.582. The van der Waals surface area contributed by atoms with Crippen molar-refractivity contribution >= 4 is 0 Å². The average Bonchev–Trinajstić information content (AvgIpc) is 2.27. The van der Waals surface area contributed by atoms with Gasteiger partial charge in [0, 0.05) is 6.61 Å². The van der Waals surface area contributed by atoms with Gasteiger partial charge in [0.1, 0.15) is 6.10 Å². The van der Waals surface area contributed by atoms with Crippen molar-refractivity contribution in [3.8, 4) is 11.6 Å². The first kappa shape index (κ1) is 12.5. The number of aromatic amines is 1. The molecule has 1 aromatic heterocycles. The lowest BCUT2D eigenvalue weighted by atomic mass is 10.4. The maximum atomic E-state index is 11.3. The van der Waals surface area contributed by atoms with Crippen molar-refractivity contribution in [3.05, 3.63) is 16.7 Å². The van der Waals surface area contributed by atoms with E-state index in [9.17, 15) is 4.79 Å². The minimum absolute atomic E-state index is 0.0749. The van der Waals surface area contributed by atoms with Crippen molar-refractivity contribution in [1.29, 1.82) is 0 Å². The van der Waals surface area contributed by atoms with E-state index in [1.54, 1.807) is 0 Å². The maximum Gasteiger partial charge on any atom is 0.297 e. The standard InChI is InChI=1S/C10H16N2O4/c1-4-15-5-7(2)16-10-8(14-3)9(13)11-6-12-10/h6-7H,4-5H2,1-3H3,(H,11,12,13). The summed E-state index contributed by atoms with van der Waals surface area (Å²) < 4.78 is 15.5. The van der Waals surface area contributed by atoms with Crippen molar-refractivity contribution in [3.63, 3.8) is 0 Å². The van der Waals surface area contributed by atoms with Crippen LogP contribution < -0.4 is 15.0 Å². The summed E-state index contributed by atoms with van der Waals surface area (Å²) in [6.07, 6.45) is 1.08. The molecule has 1 unspecified atom stereocenters. The molecule has 0 saturated carbocycles. The Morgan fingerprint density at radius 1 is 1.56 bits per heavy atom. The van der Waals surface area contributed by atoms with Crippen LogP contribution in [0, 0.1) is 0 Å². The summed E-state index contributed by atoms with van der Waals surface area (Å²) in [5, 5.41) is 0. The van der Waals surface area contributed by atoms with Gasteiger partial charge in [-0.05, 0) is 13.8 Å². The van der Waals surface area contributed by atoms with Crippen LogP contribution in [-0.4, -0.2) is 36.4 Å². The first-order valence-corrected chi connectivity index (χ1v) is 5.05. The fraction of sp³-hybridized carbons (Fsp3) is 0.600. The second-order valence-electron chi connectivity index (χ2n) is 3.16. The Labute approximate surface area is 93.6 Å². The number of nitrogens with zero attached hydrogens (tertiary/aromatic N) is 1. The molecule has 0 spiro atoms. The van der Waals surface area contributed by atoms with Crippen LogP contribution in [-0.2, 0) is 4.74 Å². The molecule has 0 fully saturated rings. The lowest BCUT2D eigenvalue weighted by Gasteiger charge is -2.14. The normalized spacial score (nSPS) is 12.2. The molecule has 0 bridgehead atoms. The predicted molar refractivity (Wildman–Crippen MR) is 58.0 cm³/mol. The molecule has 1 rings (SSSR count). The van der Waals surface area contributed by atoms with E-state index in [0.29, 0.717) is 13.2 Å². The van der Waals surface area contributed by atoms with Gasteiger partial charge in [-0.3, -0.25) is 4.79 Å². The number of rotatable bonds is 6. The minimum Gasteiger partial charge on any atom is -0.487 e. The van der Waals surface area contributed by atoms with Crippen molar-refractivity contribution in [1.82, 2.24) is 9.97 Å². The molecule has 0 aliphatic carbocycles. The van der Waals surface area contributed by atoms with Crippen molar-refractivity contribution in [2.45, 2.75) is 20.0 Å². The first-order chi connectivity index (χ1) is 7.69. The van der Waals surface area contributed by atoms with Crippen LogP contribution in [0.4, 0.5) is 0 Å². The van der Waals surface area contributed by atoms with E-state index in [0.717, 1.165) is 0 Å². The topological polar surface area (TPSA) is 73.4 Å². The Bertz CT molecular complexity index is 377. The first-order valence-electron chi connectivity index (χ1n) is 5.05. The molecular formula is C10H16N2O4. The second kappa shape index (κ2) is 6.12. The van der Waals surface area contributed by atoms with Gasteiger partial charge in [0.25, 0.3) is 11.4 Å². The second-order valence-corrected chi connectivity index (χ2v) is 3.16. The van der Waals surface area contributed by atoms with E-state index in [1.807, 2.05) is 13.8 Å². The summed E-state index contributed by atoms with van der Waals surface area (Å²) in [5.74, 6) is 0.254. The van der Waals surface area contributed by atoms with Crippen molar-refractivity contribution in [2.75, 3.05) is 20.3 Å². The van der Waals surface area contributed by atoms with Crippen LogP contribution in [0.3, 0.4) is 0 Å². The Hall–Kier alpha value is -1.56. The molecular weight excluding hydrogens is 212 g/mol. The highest BCUT2D eigenvalue weighted by atomic mass is 16.6. The monoisotopic (exact) mass is 228 g/mol. The molecule has 0 aromatic carbocycles. The summed E-state index contributed by atoms with van der Waals surface area (Å²) in [6.45, 7) is 4.79. The van der Waals surface area contributed by atoms with E-state index in [1.165, 1.54) is 13.4 Å². The van der Waals surface area contributed by atoms with Gasteiger partial charge in [-0.25, -0.2) is 4.98 Å². The number of H-pyrrole nitrogens is 1. The van der Waals surface area contributed by atoms with Gasteiger partial charge in [0.05, 0.1) is 20.0 Å². The van der Waals surface area contributed by atoms with Crippen LogP contribution in [0.5, 0.6) is 11.6 Å². The third kappa shape index (κ3) is 3.23. The molecule has 0 amide bonds. The van der Waals surface area contributed by atoms with Gasteiger partial charge in [-0.2, -0.15) is 0 Å². The summed E-state index contributed by atoms with van der Waals surface area (Å²) >= 11 is 0. The number of hydrogen-bond acceptors (Lipinski definition) is 5. The van der Waals surface area contributed by atoms with Crippen LogP contribution in [0.25, 0.3) is 0 Å². The van der Waals surface area contributed by atoms with Crippen molar-refractivity contribution in [2.24, 2.45) is 0 Å². The number of ether oxygens (including phenoxy) is 3. The van der Waals surface area contributed by atoms with E-state index >= 15 is 0 Å². The van der Waals surface area contributed by atoms with Gasteiger partial charge in [0.15, 0.2) is 0 Å². The van der Waals surface area contributed by atoms with Gasteiger partial charge in [-0.1, -0.05) is 0 Å². The Morgan fingerprint density at radius 2 is 2.31 bits per heavy atom. The van der Waals surface area contributed by atoms with Gasteiger partial charge >= 0.3 is 0 Å². The molecule has 6 nitrogen and oxygen atoms in total. The average molecular weight is 228 g/mol. The number of hydrogen-bond donors (Lipinski definition) is 1. The fourth-order valence-electron chi connectivity index (χ4n) is 1.14. The number of methoxy groups -OCH3 is 1. The number of nitrogens with one attached hydrogen (secondary N) is 1. The molecule has 1 atom stereocenters. The number of aromatic nitrogens is 2. The summed E-state index contributed by atoms with van der Waals surface area (Å²) in [5.41, 5.74) is -0.365. The molecule has 0 saturated heterocycles. The van der Waals surface area contributed by atoms with E-state index in [4.69, 9.17) is 14.2 Å². The summed E-state index contributed by atoms with van der Waals surface area (Å²) in [6, 6.07) is 0. The Morgan fingerprint density at radius 3 is 2.94 bits per heavy atom. The third-order valence-electron chi connectivity index (χ3n) is 1.85. The SMILES string of the molecule is CCOCC(C)Oc1nc[nH]c(=O)c1OC. The smallest absolute Gasteiger partial charge is 0.297 e. The zero-order valence-corrected chi connectivity index (χ0v) is 9.65. The fourth-order valence-corrected chi connectivity index (χ4v) is 1.14. The molecule has 0 aliphatic rings.